The molecule has 106 valence electrons. The van der Waals surface area contributed by atoms with Crippen LogP contribution >= 0.6 is 0 Å². The second-order valence-corrected chi connectivity index (χ2v) is 4.91. The fourth-order valence-electron chi connectivity index (χ4n) is 2.41. The zero-order valence-electron chi connectivity index (χ0n) is 11.6. The number of nitrogens with zero attached hydrogens (tertiary/aromatic N) is 1. The first kappa shape index (κ1) is 13.9. The number of likely N-dealkylation sites (tertiary alicyclic amines) is 1. The zero-order chi connectivity index (χ0) is 13.7. The van der Waals surface area contributed by atoms with Crippen molar-refractivity contribution in [1.29, 1.82) is 0 Å². The van der Waals surface area contributed by atoms with E-state index in [0.29, 0.717) is 12.6 Å². The Kier molecular flexibility index (Phi) is 4.85. The lowest BCUT2D eigenvalue weighted by atomic mass is 10.0. The van der Waals surface area contributed by atoms with Crippen LogP contribution in [-0.2, 0) is 4.74 Å². The molecule has 1 saturated heterocycles. The first-order chi connectivity index (χ1) is 9.20. The summed E-state index contributed by atoms with van der Waals surface area (Å²) in [5.41, 5.74) is 1.16. The van der Waals surface area contributed by atoms with E-state index in [1.807, 2.05) is 13.0 Å². The fourth-order valence-corrected chi connectivity index (χ4v) is 2.41. The minimum absolute atomic E-state index is 0.191. The third-order valence-electron chi connectivity index (χ3n) is 3.55. The Morgan fingerprint density at radius 3 is 2.89 bits per heavy atom. The maximum atomic E-state index is 11.6. The van der Waals surface area contributed by atoms with Gasteiger partial charge in [0.2, 0.25) is 0 Å². The molecule has 5 nitrogen and oxygen atoms in total. The van der Waals surface area contributed by atoms with Gasteiger partial charge in [-0.2, -0.15) is 0 Å². The largest absolute Gasteiger partial charge is 0.472 e. The summed E-state index contributed by atoms with van der Waals surface area (Å²) in [5, 5.41) is 3.57. The molecule has 1 fully saturated rings. The third-order valence-corrected chi connectivity index (χ3v) is 3.55. The number of carbonyl (C=O) groups excluding carboxylic acids is 1. The standard InChI is InChI=1S/C14H22N2O3/c1-3-19-14(17)16-7-4-13(5-8-16)15-11(2)12-6-9-18-10-12/h6,9-11,13,15H,3-5,7-8H2,1-2H3. The molecule has 0 bridgehead atoms. The van der Waals surface area contributed by atoms with E-state index in [-0.39, 0.29) is 12.1 Å². The number of piperidine rings is 1. The molecular formula is C14H22N2O3. The summed E-state index contributed by atoms with van der Waals surface area (Å²) >= 11 is 0. The number of nitrogens with one attached hydrogen (secondary N) is 1. The molecule has 1 aliphatic rings. The summed E-state index contributed by atoms with van der Waals surface area (Å²) in [6, 6.07) is 2.69. The summed E-state index contributed by atoms with van der Waals surface area (Å²) in [6.45, 7) is 5.92. The number of carbonyl (C=O) groups is 1. The molecule has 2 rings (SSSR count). The molecular weight excluding hydrogens is 244 g/mol. The monoisotopic (exact) mass is 266 g/mol. The van der Waals surface area contributed by atoms with Gasteiger partial charge in [-0.05, 0) is 32.8 Å². The SMILES string of the molecule is CCOC(=O)N1CCC(NC(C)c2ccoc2)CC1. The highest BCUT2D eigenvalue weighted by molar-refractivity contribution is 5.67. The number of hydrogen-bond acceptors (Lipinski definition) is 4. The van der Waals surface area contributed by atoms with Crippen LogP contribution in [0.25, 0.3) is 0 Å². The lowest BCUT2D eigenvalue weighted by molar-refractivity contribution is 0.0943. The quantitative estimate of drug-likeness (QED) is 0.910. The minimum Gasteiger partial charge on any atom is -0.472 e. The van der Waals surface area contributed by atoms with Crippen molar-refractivity contribution < 1.29 is 13.9 Å². The molecule has 1 atom stereocenters. The van der Waals surface area contributed by atoms with Gasteiger partial charge in [0.1, 0.15) is 0 Å². The van der Waals surface area contributed by atoms with E-state index in [1.54, 1.807) is 17.4 Å². The zero-order valence-corrected chi connectivity index (χ0v) is 11.6. The van der Waals surface area contributed by atoms with Crippen LogP contribution in [0.4, 0.5) is 4.79 Å². The molecule has 0 spiro atoms. The predicted octanol–water partition coefficient (Wildman–Crippen LogP) is 2.55. The van der Waals surface area contributed by atoms with Crippen LogP contribution in [0.3, 0.4) is 0 Å². The van der Waals surface area contributed by atoms with Gasteiger partial charge < -0.3 is 19.4 Å². The first-order valence-corrected chi connectivity index (χ1v) is 6.90. The van der Waals surface area contributed by atoms with Crippen LogP contribution < -0.4 is 5.32 Å². The van der Waals surface area contributed by atoms with E-state index >= 15 is 0 Å². The summed E-state index contributed by atoms with van der Waals surface area (Å²) in [4.78, 5) is 13.4. The molecule has 2 heterocycles. The van der Waals surface area contributed by atoms with Crippen LogP contribution in [0.1, 0.15) is 38.3 Å². The second kappa shape index (κ2) is 6.61. The maximum Gasteiger partial charge on any atom is 0.409 e. The molecule has 0 saturated carbocycles. The highest BCUT2D eigenvalue weighted by Crippen LogP contribution is 2.18. The van der Waals surface area contributed by atoms with Gasteiger partial charge in [0.05, 0.1) is 19.1 Å². The van der Waals surface area contributed by atoms with Gasteiger partial charge in [-0.25, -0.2) is 4.79 Å². The molecule has 19 heavy (non-hydrogen) atoms. The lowest BCUT2D eigenvalue weighted by Gasteiger charge is -2.33. The molecule has 1 aliphatic heterocycles. The van der Waals surface area contributed by atoms with E-state index < -0.39 is 0 Å². The summed E-state index contributed by atoms with van der Waals surface area (Å²) < 4.78 is 10.1. The Balaban J connectivity index is 1.76. The van der Waals surface area contributed by atoms with Crippen LogP contribution in [-0.4, -0.2) is 36.7 Å². The topological polar surface area (TPSA) is 54.7 Å². The number of rotatable bonds is 4. The molecule has 0 aliphatic carbocycles. The molecule has 1 aromatic rings. The molecule has 5 heteroatoms. The number of furan rings is 1. The smallest absolute Gasteiger partial charge is 0.409 e. The van der Waals surface area contributed by atoms with Crippen molar-refractivity contribution in [3.05, 3.63) is 24.2 Å². The highest BCUT2D eigenvalue weighted by atomic mass is 16.6. The van der Waals surface area contributed by atoms with E-state index in [0.717, 1.165) is 31.5 Å². The average Bonchev–Trinajstić information content (AvgIpc) is 2.94. The Labute approximate surface area is 113 Å². The molecule has 1 unspecified atom stereocenters. The average molecular weight is 266 g/mol. The van der Waals surface area contributed by atoms with Gasteiger partial charge in [-0.3, -0.25) is 0 Å². The van der Waals surface area contributed by atoms with E-state index in [4.69, 9.17) is 9.15 Å². The van der Waals surface area contributed by atoms with Crippen LogP contribution in [0.5, 0.6) is 0 Å². The van der Waals surface area contributed by atoms with Gasteiger partial charge in [-0.1, -0.05) is 0 Å². The van der Waals surface area contributed by atoms with Crippen LogP contribution in [0.2, 0.25) is 0 Å². The Morgan fingerprint density at radius 1 is 1.58 bits per heavy atom. The second-order valence-electron chi connectivity index (χ2n) is 4.91. The number of ether oxygens (including phenoxy) is 1. The van der Waals surface area contributed by atoms with Gasteiger partial charge in [0.25, 0.3) is 0 Å². The van der Waals surface area contributed by atoms with Gasteiger partial charge >= 0.3 is 6.09 Å². The summed E-state index contributed by atoms with van der Waals surface area (Å²) in [6.07, 6.45) is 5.19. The highest BCUT2D eigenvalue weighted by Gasteiger charge is 2.24. The molecule has 1 N–H and O–H groups in total. The Morgan fingerprint density at radius 2 is 2.32 bits per heavy atom. The Bertz CT molecular complexity index is 383. The van der Waals surface area contributed by atoms with Crippen molar-refractivity contribution >= 4 is 6.09 Å². The third kappa shape index (κ3) is 3.73. The van der Waals surface area contributed by atoms with E-state index in [9.17, 15) is 4.79 Å². The fraction of sp³-hybridized carbons (Fsp3) is 0.643. The maximum absolute atomic E-state index is 11.6. The van der Waals surface area contributed by atoms with Crippen molar-refractivity contribution in [3.63, 3.8) is 0 Å². The minimum atomic E-state index is -0.191. The van der Waals surface area contributed by atoms with Gasteiger partial charge in [0.15, 0.2) is 0 Å². The predicted molar refractivity (Wildman–Crippen MR) is 71.9 cm³/mol. The molecule has 0 radical (unpaired) electrons. The van der Waals surface area contributed by atoms with Crippen molar-refractivity contribution in [2.45, 2.75) is 38.8 Å². The van der Waals surface area contributed by atoms with Gasteiger partial charge in [0, 0.05) is 30.7 Å². The first-order valence-electron chi connectivity index (χ1n) is 6.90. The number of hydrogen-bond donors (Lipinski definition) is 1. The Hall–Kier alpha value is -1.49. The van der Waals surface area contributed by atoms with E-state index in [2.05, 4.69) is 12.2 Å². The molecule has 1 amide bonds. The summed E-state index contributed by atoms with van der Waals surface area (Å²) in [7, 11) is 0. The normalized spacial score (nSPS) is 18.3. The molecule has 1 aromatic heterocycles. The lowest BCUT2D eigenvalue weighted by Crippen LogP contribution is -2.45. The van der Waals surface area contributed by atoms with Crippen LogP contribution in [0.15, 0.2) is 23.0 Å². The van der Waals surface area contributed by atoms with Gasteiger partial charge in [-0.15, -0.1) is 0 Å². The molecule has 0 aromatic carbocycles. The van der Waals surface area contributed by atoms with Crippen molar-refractivity contribution in [2.24, 2.45) is 0 Å². The van der Waals surface area contributed by atoms with Crippen LogP contribution in [0, 0.1) is 0 Å². The number of amides is 1. The summed E-state index contributed by atoms with van der Waals surface area (Å²) in [5.74, 6) is 0. The van der Waals surface area contributed by atoms with Crippen molar-refractivity contribution in [3.8, 4) is 0 Å². The van der Waals surface area contributed by atoms with Crippen molar-refractivity contribution in [2.75, 3.05) is 19.7 Å². The van der Waals surface area contributed by atoms with Crippen molar-refractivity contribution in [1.82, 2.24) is 10.2 Å². The van der Waals surface area contributed by atoms with E-state index in [1.165, 1.54) is 0 Å².